The zero-order valence-electron chi connectivity index (χ0n) is 11.3. The predicted octanol–water partition coefficient (Wildman–Crippen LogP) is 1.50. The van der Waals surface area contributed by atoms with E-state index in [9.17, 15) is 10.1 Å². The van der Waals surface area contributed by atoms with Crippen LogP contribution in [0.25, 0.3) is 16.2 Å². The number of amides is 1. The molecular formula is C14H12N5ORe-. The Morgan fingerprint density at radius 3 is 2.95 bits per heavy atom. The normalized spacial score (nSPS) is 27.4. The first-order chi connectivity index (χ1) is 9.65. The minimum absolute atomic E-state index is 0. The monoisotopic (exact) mass is 453 g/mol. The molecule has 1 aromatic carbocycles. The Morgan fingerprint density at radius 1 is 1.48 bits per heavy atom. The van der Waals surface area contributed by atoms with Gasteiger partial charge >= 0.3 is 0 Å². The maximum atomic E-state index is 12.4. The number of hydrogen-bond acceptors (Lipinski definition) is 4. The van der Waals surface area contributed by atoms with E-state index in [1.54, 1.807) is 4.68 Å². The number of rotatable bonds is 0. The number of nitrogens with zero attached hydrogens (tertiary/aromatic N) is 5. The fraction of sp³-hybridized carbons (Fsp3) is 0.357. The quantitative estimate of drug-likeness (QED) is 0.607. The smallest absolute Gasteiger partial charge is 0.156 e. The van der Waals surface area contributed by atoms with E-state index in [2.05, 4.69) is 16.5 Å². The molecule has 0 aliphatic carbocycles. The molecule has 2 unspecified atom stereocenters. The Morgan fingerprint density at radius 2 is 2.24 bits per heavy atom. The van der Waals surface area contributed by atoms with Crippen LogP contribution < -0.4 is 0 Å². The van der Waals surface area contributed by atoms with Crippen LogP contribution in [0.2, 0.25) is 0 Å². The van der Waals surface area contributed by atoms with Crippen molar-refractivity contribution in [2.45, 2.75) is 18.0 Å². The van der Waals surface area contributed by atoms with E-state index in [1.807, 2.05) is 36.2 Å². The van der Waals surface area contributed by atoms with Gasteiger partial charge < -0.3 is 10.00 Å². The van der Waals surface area contributed by atoms with Gasteiger partial charge in [0.1, 0.15) is 0 Å². The van der Waals surface area contributed by atoms with Gasteiger partial charge in [0.25, 0.3) is 0 Å². The van der Waals surface area contributed by atoms with Gasteiger partial charge in [-0.1, -0.05) is 18.2 Å². The van der Waals surface area contributed by atoms with E-state index in [4.69, 9.17) is 0 Å². The van der Waals surface area contributed by atoms with Gasteiger partial charge in [-0.05, 0) is 25.4 Å². The zero-order valence-corrected chi connectivity index (χ0v) is 14.0. The average molecular weight is 452 g/mol. The molecule has 1 amide bonds. The topological polar surface area (TPSA) is 76.0 Å². The summed E-state index contributed by atoms with van der Waals surface area (Å²) < 4.78 is 1.73. The first-order valence-electron chi connectivity index (χ1n) is 6.50. The molecule has 1 aromatic heterocycles. The summed E-state index contributed by atoms with van der Waals surface area (Å²) in [5.41, 5.74) is 0.0323. The molecule has 2 aliphatic rings. The Balaban J connectivity index is 0.00000132. The number of fused-ring (bicyclic) bond motifs is 4. The number of likely N-dealkylation sites (tertiary alicyclic amines) is 1. The molecule has 0 bridgehead atoms. The second kappa shape index (κ2) is 4.64. The molecule has 2 aliphatic heterocycles. The fourth-order valence-corrected chi connectivity index (χ4v) is 3.23. The third-order valence-corrected chi connectivity index (χ3v) is 4.29. The SMILES string of the molecule is CN1CC2(CC1C#N)C(=O)[N-]c1c3ccccc3nn12.[Re]. The van der Waals surface area contributed by atoms with Crippen LogP contribution in [0.15, 0.2) is 24.3 Å². The maximum Gasteiger partial charge on any atom is 0.156 e. The van der Waals surface area contributed by atoms with Crippen molar-refractivity contribution in [1.29, 1.82) is 5.26 Å². The minimum Gasteiger partial charge on any atom is -0.402 e. The van der Waals surface area contributed by atoms with Gasteiger partial charge in [0.05, 0.1) is 23.2 Å². The Hall–Kier alpha value is -1.73. The van der Waals surface area contributed by atoms with Crippen molar-refractivity contribution in [2.24, 2.45) is 0 Å². The van der Waals surface area contributed by atoms with Crippen molar-refractivity contribution in [3.8, 4) is 6.07 Å². The van der Waals surface area contributed by atoms with Gasteiger partial charge in [0, 0.05) is 32.4 Å². The summed E-state index contributed by atoms with van der Waals surface area (Å²) in [6, 6.07) is 9.63. The van der Waals surface area contributed by atoms with Crippen LogP contribution in [-0.2, 0) is 30.8 Å². The van der Waals surface area contributed by atoms with E-state index in [1.165, 1.54) is 0 Å². The summed E-state index contributed by atoms with van der Waals surface area (Å²) in [5.74, 6) is 0.438. The molecule has 7 heteroatoms. The van der Waals surface area contributed by atoms with Gasteiger partial charge in [0.15, 0.2) is 5.91 Å². The summed E-state index contributed by atoms with van der Waals surface area (Å²) in [4.78, 5) is 14.3. The third-order valence-electron chi connectivity index (χ3n) is 4.29. The summed E-state index contributed by atoms with van der Waals surface area (Å²) in [6.07, 6.45) is 0.448. The Kier molecular flexibility index (Phi) is 3.14. The van der Waals surface area contributed by atoms with E-state index < -0.39 is 5.54 Å². The van der Waals surface area contributed by atoms with Crippen LogP contribution in [0.1, 0.15) is 6.42 Å². The van der Waals surface area contributed by atoms with Gasteiger partial charge in [-0.15, -0.1) is 0 Å². The number of nitriles is 1. The second-order valence-corrected chi connectivity index (χ2v) is 5.47. The molecule has 1 spiro atoms. The Labute approximate surface area is 135 Å². The van der Waals surface area contributed by atoms with Crippen LogP contribution in [-0.4, -0.2) is 40.2 Å². The van der Waals surface area contributed by atoms with Crippen LogP contribution in [0.5, 0.6) is 0 Å². The molecule has 2 aromatic rings. The minimum atomic E-state index is -0.802. The van der Waals surface area contributed by atoms with E-state index in [-0.39, 0.29) is 32.4 Å². The molecular weight excluding hydrogens is 440 g/mol. The van der Waals surface area contributed by atoms with Crippen molar-refractivity contribution >= 4 is 22.6 Å². The zero-order chi connectivity index (χ0) is 13.9. The van der Waals surface area contributed by atoms with Crippen molar-refractivity contribution in [3.63, 3.8) is 0 Å². The second-order valence-electron chi connectivity index (χ2n) is 5.47. The third kappa shape index (κ3) is 1.70. The van der Waals surface area contributed by atoms with E-state index in [0.717, 1.165) is 10.9 Å². The van der Waals surface area contributed by atoms with Gasteiger partial charge in [0.2, 0.25) is 0 Å². The van der Waals surface area contributed by atoms with E-state index in [0.29, 0.717) is 18.8 Å². The van der Waals surface area contributed by atoms with Crippen LogP contribution in [0.4, 0.5) is 5.82 Å². The number of likely N-dealkylation sites (N-methyl/N-ethyl adjacent to an activating group) is 1. The molecule has 2 atom stereocenters. The average Bonchev–Trinajstić information content (AvgIpc) is 3.05. The summed E-state index contributed by atoms with van der Waals surface area (Å²) in [5, 5.41) is 18.8. The molecule has 0 N–H and O–H groups in total. The van der Waals surface area contributed by atoms with Crippen molar-refractivity contribution in [3.05, 3.63) is 29.6 Å². The molecule has 1 saturated heterocycles. The van der Waals surface area contributed by atoms with Gasteiger partial charge in [-0.2, -0.15) is 5.26 Å². The summed E-state index contributed by atoms with van der Waals surface area (Å²) in [6.45, 7) is 0.481. The molecule has 21 heavy (non-hydrogen) atoms. The van der Waals surface area contributed by atoms with Crippen molar-refractivity contribution in [2.75, 3.05) is 13.6 Å². The van der Waals surface area contributed by atoms with Crippen LogP contribution >= 0.6 is 0 Å². The van der Waals surface area contributed by atoms with Gasteiger partial charge in [-0.25, -0.2) is 0 Å². The largest absolute Gasteiger partial charge is 0.402 e. The Bertz CT molecular complexity index is 779. The van der Waals surface area contributed by atoms with Crippen molar-refractivity contribution < 1.29 is 25.2 Å². The molecule has 107 valence electrons. The summed E-state index contributed by atoms with van der Waals surface area (Å²) in [7, 11) is 1.86. The first kappa shape index (κ1) is 14.2. The molecule has 0 saturated carbocycles. The van der Waals surface area contributed by atoms with E-state index >= 15 is 0 Å². The number of carbonyl (C=O) groups is 1. The fourth-order valence-electron chi connectivity index (χ4n) is 3.23. The predicted molar refractivity (Wildman–Crippen MR) is 72.4 cm³/mol. The number of carbonyl (C=O) groups excluding carboxylic acids is 1. The molecule has 4 rings (SSSR count). The molecule has 3 heterocycles. The van der Waals surface area contributed by atoms with Crippen molar-refractivity contribution in [1.82, 2.24) is 14.7 Å². The van der Waals surface area contributed by atoms with Crippen LogP contribution in [0.3, 0.4) is 0 Å². The number of aromatic nitrogens is 2. The maximum absolute atomic E-state index is 12.4. The van der Waals surface area contributed by atoms with Crippen LogP contribution in [0, 0.1) is 11.3 Å². The summed E-state index contributed by atoms with van der Waals surface area (Å²) >= 11 is 0. The number of hydrogen-bond donors (Lipinski definition) is 0. The number of benzene rings is 1. The standard InChI is InChI=1S/C14H13N5O.Re/c1-18-8-14(6-9(18)7-15)13(20)16-12-10-4-2-3-5-11(10)17-19(12)14;/h2-5,9H,6,8H2,1H3,(H,16,17,20);/p-1. The first-order valence-corrected chi connectivity index (χ1v) is 6.50. The molecule has 1 fully saturated rings. The van der Waals surface area contributed by atoms with Gasteiger partial charge in [-0.3, -0.25) is 14.8 Å². The molecule has 6 nitrogen and oxygen atoms in total. The molecule has 1 radical (unpaired) electrons.